The number of nitrogens with two attached hydrogens (primary N) is 1. The molecule has 0 amide bonds. The lowest BCUT2D eigenvalue weighted by atomic mass is 10.1. The van der Waals surface area contributed by atoms with E-state index in [1.54, 1.807) is 0 Å². The third-order valence-electron chi connectivity index (χ3n) is 3.63. The Hall–Kier alpha value is -2.49. The molecule has 0 aliphatic heterocycles. The summed E-state index contributed by atoms with van der Waals surface area (Å²) in [7, 11) is 1.97. The zero-order chi connectivity index (χ0) is 15.4. The van der Waals surface area contributed by atoms with Crippen LogP contribution in [0, 0.1) is 6.92 Å². The van der Waals surface area contributed by atoms with Crippen molar-refractivity contribution in [2.45, 2.75) is 20.3 Å². The van der Waals surface area contributed by atoms with E-state index in [0.717, 1.165) is 28.9 Å². The van der Waals surface area contributed by atoms with Crippen molar-refractivity contribution in [3.05, 3.63) is 59.2 Å². The molecule has 2 aromatic carbocycles. The number of rotatable bonds is 4. The minimum atomic E-state index is 0.116. The molecule has 4 nitrogen and oxygen atoms in total. The fourth-order valence-electron chi connectivity index (χ4n) is 2.30. The Bertz CT molecular complexity index is 648. The molecule has 0 fully saturated rings. The molecule has 4 heteroatoms. The first-order valence-corrected chi connectivity index (χ1v) is 6.98. The summed E-state index contributed by atoms with van der Waals surface area (Å²) < 4.78 is 0. The summed E-state index contributed by atoms with van der Waals surface area (Å²) in [4.78, 5) is 2.03. The van der Waals surface area contributed by atoms with Gasteiger partial charge in [0.15, 0.2) is 5.84 Å². The van der Waals surface area contributed by atoms with Crippen LogP contribution < -0.4 is 10.6 Å². The van der Waals surface area contributed by atoms with Crippen molar-refractivity contribution in [3.8, 4) is 0 Å². The minimum absolute atomic E-state index is 0.116. The van der Waals surface area contributed by atoms with Gasteiger partial charge in [-0.05, 0) is 43.2 Å². The van der Waals surface area contributed by atoms with E-state index in [0.29, 0.717) is 0 Å². The van der Waals surface area contributed by atoms with Gasteiger partial charge >= 0.3 is 0 Å². The predicted molar refractivity (Wildman–Crippen MR) is 87.6 cm³/mol. The quantitative estimate of drug-likeness (QED) is 0.391. The van der Waals surface area contributed by atoms with Crippen molar-refractivity contribution in [2.24, 2.45) is 10.9 Å². The second-order valence-electron chi connectivity index (χ2n) is 5.08. The number of benzene rings is 2. The van der Waals surface area contributed by atoms with Crippen LogP contribution in [0.25, 0.3) is 0 Å². The molecular formula is C17H21N3O. The summed E-state index contributed by atoms with van der Waals surface area (Å²) in [6, 6.07) is 14.3. The largest absolute Gasteiger partial charge is 0.409 e. The van der Waals surface area contributed by atoms with E-state index in [-0.39, 0.29) is 5.84 Å². The number of oxime groups is 1. The molecule has 0 heterocycles. The van der Waals surface area contributed by atoms with Gasteiger partial charge in [0.1, 0.15) is 0 Å². The van der Waals surface area contributed by atoms with E-state index in [4.69, 9.17) is 10.9 Å². The topological polar surface area (TPSA) is 61.8 Å². The summed E-state index contributed by atoms with van der Waals surface area (Å²) in [6.45, 7) is 4.11. The van der Waals surface area contributed by atoms with E-state index in [1.165, 1.54) is 5.56 Å². The lowest BCUT2D eigenvalue weighted by molar-refractivity contribution is 0.318. The van der Waals surface area contributed by atoms with Crippen LogP contribution in [-0.4, -0.2) is 18.1 Å². The van der Waals surface area contributed by atoms with Gasteiger partial charge in [-0.25, -0.2) is 0 Å². The lowest BCUT2D eigenvalue weighted by Crippen LogP contribution is -2.19. The summed E-state index contributed by atoms with van der Waals surface area (Å²) in [5.74, 6) is 0.116. The van der Waals surface area contributed by atoms with Gasteiger partial charge in [-0.3, -0.25) is 0 Å². The molecule has 0 aromatic heterocycles. The SMILES string of the molecule is CCc1ccc(N(C)c2ccc(C)cc2/C(N)=N/O)cc1. The van der Waals surface area contributed by atoms with Gasteiger partial charge in [0, 0.05) is 18.3 Å². The number of aryl methyl sites for hydroxylation is 2. The van der Waals surface area contributed by atoms with Gasteiger partial charge in [0.2, 0.25) is 0 Å². The smallest absolute Gasteiger partial charge is 0.172 e. The molecule has 0 bridgehead atoms. The van der Waals surface area contributed by atoms with Crippen LogP contribution in [0.3, 0.4) is 0 Å². The maximum absolute atomic E-state index is 8.97. The maximum atomic E-state index is 8.97. The van der Waals surface area contributed by atoms with Crippen molar-refractivity contribution in [3.63, 3.8) is 0 Å². The first kappa shape index (κ1) is 14.9. The molecule has 2 aromatic rings. The van der Waals surface area contributed by atoms with Crippen molar-refractivity contribution in [1.82, 2.24) is 0 Å². The summed E-state index contributed by atoms with van der Waals surface area (Å²) in [5, 5.41) is 12.1. The van der Waals surface area contributed by atoms with Crippen LogP contribution in [0.5, 0.6) is 0 Å². The van der Waals surface area contributed by atoms with E-state index in [2.05, 4.69) is 36.3 Å². The fourth-order valence-corrected chi connectivity index (χ4v) is 2.30. The predicted octanol–water partition coefficient (Wildman–Crippen LogP) is 3.42. The fraction of sp³-hybridized carbons (Fsp3) is 0.235. The number of hydrogen-bond donors (Lipinski definition) is 2. The standard InChI is InChI=1S/C17H21N3O/c1-4-13-6-8-14(9-7-13)20(3)16-10-5-12(2)11-15(16)17(18)19-21/h5-11,21H,4H2,1-3H3,(H2,18,19). The highest BCUT2D eigenvalue weighted by atomic mass is 16.4. The zero-order valence-electron chi connectivity index (χ0n) is 12.7. The van der Waals surface area contributed by atoms with Gasteiger partial charge in [-0.15, -0.1) is 0 Å². The van der Waals surface area contributed by atoms with E-state index >= 15 is 0 Å². The van der Waals surface area contributed by atoms with Crippen LogP contribution in [-0.2, 0) is 6.42 Å². The third kappa shape index (κ3) is 3.16. The van der Waals surface area contributed by atoms with Crippen LogP contribution in [0.4, 0.5) is 11.4 Å². The number of anilines is 2. The highest BCUT2D eigenvalue weighted by Crippen LogP contribution is 2.28. The monoisotopic (exact) mass is 283 g/mol. The van der Waals surface area contributed by atoms with Gasteiger partial charge in [-0.1, -0.05) is 35.8 Å². The highest BCUT2D eigenvalue weighted by Gasteiger charge is 2.12. The molecule has 0 atom stereocenters. The molecule has 0 aliphatic rings. The summed E-state index contributed by atoms with van der Waals surface area (Å²) in [5.41, 5.74) is 10.8. The summed E-state index contributed by atoms with van der Waals surface area (Å²) >= 11 is 0. The van der Waals surface area contributed by atoms with Crippen LogP contribution >= 0.6 is 0 Å². The lowest BCUT2D eigenvalue weighted by Gasteiger charge is -2.23. The molecule has 0 saturated heterocycles. The first-order chi connectivity index (χ1) is 10.1. The van der Waals surface area contributed by atoms with Gasteiger partial charge in [0.05, 0.1) is 5.69 Å². The van der Waals surface area contributed by atoms with Crippen molar-refractivity contribution < 1.29 is 5.21 Å². The van der Waals surface area contributed by atoms with Crippen LogP contribution in [0.1, 0.15) is 23.6 Å². The Balaban J connectivity index is 2.44. The molecule has 3 N–H and O–H groups in total. The second kappa shape index (κ2) is 6.31. The Kier molecular flexibility index (Phi) is 4.48. The van der Waals surface area contributed by atoms with Gasteiger partial charge in [-0.2, -0.15) is 0 Å². The molecule has 0 aliphatic carbocycles. The Morgan fingerprint density at radius 2 is 1.86 bits per heavy atom. The van der Waals surface area contributed by atoms with E-state index in [9.17, 15) is 0 Å². The van der Waals surface area contributed by atoms with E-state index in [1.807, 2.05) is 37.1 Å². The highest BCUT2D eigenvalue weighted by molar-refractivity contribution is 6.03. The zero-order valence-corrected chi connectivity index (χ0v) is 12.7. The Morgan fingerprint density at radius 1 is 1.19 bits per heavy atom. The van der Waals surface area contributed by atoms with Crippen molar-refractivity contribution in [2.75, 3.05) is 11.9 Å². The van der Waals surface area contributed by atoms with E-state index < -0.39 is 0 Å². The normalized spacial score (nSPS) is 11.5. The minimum Gasteiger partial charge on any atom is -0.409 e. The third-order valence-corrected chi connectivity index (χ3v) is 3.63. The number of nitrogens with zero attached hydrogens (tertiary/aromatic N) is 2. The van der Waals surface area contributed by atoms with Crippen molar-refractivity contribution >= 4 is 17.2 Å². The Morgan fingerprint density at radius 3 is 2.43 bits per heavy atom. The number of hydrogen-bond acceptors (Lipinski definition) is 3. The summed E-state index contributed by atoms with van der Waals surface area (Å²) in [6.07, 6.45) is 1.02. The molecule has 0 radical (unpaired) electrons. The second-order valence-corrected chi connectivity index (χ2v) is 5.08. The molecule has 2 rings (SSSR count). The average molecular weight is 283 g/mol. The first-order valence-electron chi connectivity index (χ1n) is 6.98. The molecule has 0 spiro atoms. The molecule has 21 heavy (non-hydrogen) atoms. The van der Waals surface area contributed by atoms with Gasteiger partial charge in [0.25, 0.3) is 0 Å². The van der Waals surface area contributed by atoms with Gasteiger partial charge < -0.3 is 15.8 Å². The van der Waals surface area contributed by atoms with Crippen LogP contribution in [0.2, 0.25) is 0 Å². The number of amidine groups is 1. The average Bonchev–Trinajstić information content (AvgIpc) is 2.53. The molecule has 0 saturated carbocycles. The molecule has 0 unspecified atom stereocenters. The van der Waals surface area contributed by atoms with Crippen molar-refractivity contribution in [1.29, 1.82) is 0 Å². The maximum Gasteiger partial charge on any atom is 0.172 e. The molecular weight excluding hydrogens is 262 g/mol. The van der Waals surface area contributed by atoms with Crippen LogP contribution in [0.15, 0.2) is 47.6 Å². The Labute approximate surface area is 125 Å². The molecule has 110 valence electrons.